The Morgan fingerprint density at radius 1 is 1.29 bits per heavy atom. The number of carbonyl (C=O) groups excluding carboxylic acids is 1. The highest BCUT2D eigenvalue weighted by atomic mass is 35.5. The average Bonchev–Trinajstić information content (AvgIpc) is 2.95. The number of aryl methyl sites for hydroxylation is 1. The Bertz CT molecular complexity index is 1030. The van der Waals surface area contributed by atoms with Crippen LogP contribution in [0.25, 0.3) is 11.4 Å². The summed E-state index contributed by atoms with van der Waals surface area (Å²) in [6, 6.07) is 11.8. The Labute approximate surface area is 173 Å². The minimum absolute atomic E-state index is 0.0188. The number of halogens is 1. The average molecular weight is 413 g/mol. The van der Waals surface area contributed by atoms with E-state index in [0.717, 1.165) is 33.9 Å². The van der Waals surface area contributed by atoms with Crippen molar-refractivity contribution in [2.24, 2.45) is 0 Å². The maximum atomic E-state index is 12.5. The lowest BCUT2D eigenvalue weighted by molar-refractivity contribution is -0.113. The van der Waals surface area contributed by atoms with Crippen molar-refractivity contribution in [3.8, 4) is 11.4 Å². The Kier molecular flexibility index (Phi) is 5.17. The van der Waals surface area contributed by atoms with Gasteiger partial charge in [0.05, 0.1) is 16.7 Å². The number of carbonyl (C=O) groups is 1. The second-order valence-electron chi connectivity index (χ2n) is 7.10. The molecule has 144 valence electrons. The molecule has 7 heteroatoms. The van der Waals surface area contributed by atoms with E-state index in [1.54, 1.807) is 18.0 Å². The van der Waals surface area contributed by atoms with Crippen LogP contribution in [0, 0.1) is 6.92 Å². The van der Waals surface area contributed by atoms with Gasteiger partial charge < -0.3 is 5.32 Å². The van der Waals surface area contributed by atoms with Crippen molar-refractivity contribution in [2.45, 2.75) is 32.1 Å². The summed E-state index contributed by atoms with van der Waals surface area (Å²) in [7, 11) is 0. The first kappa shape index (κ1) is 19.0. The molecule has 1 N–H and O–H groups in total. The van der Waals surface area contributed by atoms with Gasteiger partial charge in [0, 0.05) is 22.8 Å². The largest absolute Gasteiger partial charge is 0.310 e. The molecule has 0 saturated heterocycles. The van der Waals surface area contributed by atoms with Crippen molar-refractivity contribution in [1.82, 2.24) is 14.8 Å². The van der Waals surface area contributed by atoms with Crippen LogP contribution >= 0.6 is 23.4 Å². The van der Waals surface area contributed by atoms with Gasteiger partial charge in [0.25, 0.3) is 0 Å². The lowest BCUT2D eigenvalue weighted by Gasteiger charge is -2.18. The summed E-state index contributed by atoms with van der Waals surface area (Å²) in [5, 5.41) is 8.60. The molecule has 5 nitrogen and oxygen atoms in total. The van der Waals surface area contributed by atoms with Crippen molar-refractivity contribution < 1.29 is 4.79 Å². The third kappa shape index (κ3) is 3.42. The Morgan fingerprint density at radius 2 is 2.11 bits per heavy atom. The van der Waals surface area contributed by atoms with E-state index in [2.05, 4.69) is 31.1 Å². The van der Waals surface area contributed by atoms with Crippen LogP contribution in [0.4, 0.5) is 5.82 Å². The summed E-state index contributed by atoms with van der Waals surface area (Å²) >= 11 is 7.79. The third-order valence-electron chi connectivity index (χ3n) is 4.76. The van der Waals surface area contributed by atoms with Crippen LogP contribution in [0.3, 0.4) is 0 Å². The molecule has 1 aliphatic heterocycles. The Hall–Kier alpha value is -2.31. The SMILES string of the molecule is Cc1cc(Cl)ccc1C1SCC(=O)Nc2c1c(-c1ccccn1)nn2C(C)C. The Balaban J connectivity index is 1.99. The molecule has 0 radical (unpaired) electrons. The van der Waals surface area contributed by atoms with Crippen LogP contribution < -0.4 is 5.32 Å². The van der Waals surface area contributed by atoms with Crippen molar-refractivity contribution in [3.05, 3.63) is 64.3 Å². The fraction of sp³-hybridized carbons (Fsp3) is 0.286. The molecule has 28 heavy (non-hydrogen) atoms. The number of fused-ring (bicyclic) bond motifs is 1. The summed E-state index contributed by atoms with van der Waals surface area (Å²) < 4.78 is 1.89. The molecule has 3 heterocycles. The molecule has 2 aromatic heterocycles. The summed E-state index contributed by atoms with van der Waals surface area (Å²) in [6.45, 7) is 6.17. The number of benzene rings is 1. The minimum Gasteiger partial charge on any atom is -0.310 e. The highest BCUT2D eigenvalue weighted by Gasteiger charge is 2.33. The van der Waals surface area contributed by atoms with Gasteiger partial charge in [-0.3, -0.25) is 9.78 Å². The second-order valence-corrected chi connectivity index (χ2v) is 8.63. The Morgan fingerprint density at radius 3 is 2.79 bits per heavy atom. The van der Waals surface area contributed by atoms with Gasteiger partial charge in [-0.05, 0) is 56.2 Å². The van der Waals surface area contributed by atoms with Gasteiger partial charge in [0.1, 0.15) is 11.5 Å². The van der Waals surface area contributed by atoms with Crippen LogP contribution in [0.2, 0.25) is 5.02 Å². The fourth-order valence-corrected chi connectivity index (χ4v) is 4.93. The van der Waals surface area contributed by atoms with E-state index in [-0.39, 0.29) is 17.2 Å². The van der Waals surface area contributed by atoms with Gasteiger partial charge in [0.2, 0.25) is 5.91 Å². The van der Waals surface area contributed by atoms with E-state index in [0.29, 0.717) is 10.8 Å². The monoisotopic (exact) mass is 412 g/mol. The molecule has 0 saturated carbocycles. The predicted molar refractivity (Wildman–Crippen MR) is 115 cm³/mol. The number of aromatic nitrogens is 3. The number of hydrogen-bond donors (Lipinski definition) is 1. The van der Waals surface area contributed by atoms with Crippen LogP contribution in [-0.4, -0.2) is 26.4 Å². The molecular weight excluding hydrogens is 392 g/mol. The number of rotatable bonds is 3. The lowest BCUT2D eigenvalue weighted by Crippen LogP contribution is -2.17. The van der Waals surface area contributed by atoms with Crippen LogP contribution in [-0.2, 0) is 4.79 Å². The maximum absolute atomic E-state index is 12.5. The first-order chi connectivity index (χ1) is 13.5. The van der Waals surface area contributed by atoms with Gasteiger partial charge in [-0.25, -0.2) is 4.68 Å². The number of thioether (sulfide) groups is 1. The zero-order valence-electron chi connectivity index (χ0n) is 15.9. The van der Waals surface area contributed by atoms with Gasteiger partial charge in [-0.15, -0.1) is 11.8 Å². The number of hydrogen-bond acceptors (Lipinski definition) is 4. The fourth-order valence-electron chi connectivity index (χ4n) is 3.47. The number of nitrogens with one attached hydrogen (secondary N) is 1. The van der Waals surface area contributed by atoms with Crippen molar-refractivity contribution in [1.29, 1.82) is 0 Å². The molecule has 1 aromatic carbocycles. The molecule has 4 rings (SSSR count). The van der Waals surface area contributed by atoms with Crippen LogP contribution in [0.1, 0.15) is 41.8 Å². The maximum Gasteiger partial charge on any atom is 0.235 e. The standard InChI is InChI=1S/C21H21ClN4OS/c1-12(2)26-21-18(19(25-26)16-6-4-5-9-23-16)20(28-11-17(27)24-21)15-8-7-14(22)10-13(15)3/h4-10,12,20H,11H2,1-3H3,(H,24,27). The molecule has 1 unspecified atom stereocenters. The van der Waals surface area contributed by atoms with Crippen LogP contribution in [0.15, 0.2) is 42.6 Å². The molecule has 3 aromatic rings. The molecule has 1 amide bonds. The number of amides is 1. The molecule has 0 aliphatic carbocycles. The molecule has 0 bridgehead atoms. The number of anilines is 1. The van der Waals surface area contributed by atoms with E-state index in [1.807, 2.05) is 41.1 Å². The highest BCUT2D eigenvalue weighted by molar-refractivity contribution is 8.00. The van der Waals surface area contributed by atoms with Crippen molar-refractivity contribution >= 4 is 35.1 Å². The quantitative estimate of drug-likeness (QED) is 0.637. The summed E-state index contributed by atoms with van der Waals surface area (Å²) in [5.41, 5.74) is 4.82. The van der Waals surface area contributed by atoms with Gasteiger partial charge in [-0.2, -0.15) is 5.10 Å². The normalized spacial score (nSPS) is 16.6. The zero-order valence-corrected chi connectivity index (χ0v) is 17.5. The van der Waals surface area contributed by atoms with E-state index in [9.17, 15) is 4.79 Å². The van der Waals surface area contributed by atoms with E-state index in [1.165, 1.54) is 0 Å². The molecular formula is C21H21ClN4OS. The van der Waals surface area contributed by atoms with Gasteiger partial charge >= 0.3 is 0 Å². The predicted octanol–water partition coefficient (Wildman–Crippen LogP) is 5.26. The summed E-state index contributed by atoms with van der Waals surface area (Å²) in [4.78, 5) is 17.0. The zero-order chi connectivity index (χ0) is 19.8. The first-order valence-electron chi connectivity index (χ1n) is 9.17. The number of pyridine rings is 1. The van der Waals surface area contributed by atoms with E-state index >= 15 is 0 Å². The van der Waals surface area contributed by atoms with Gasteiger partial charge in [0.15, 0.2) is 0 Å². The second kappa shape index (κ2) is 7.60. The minimum atomic E-state index is -0.0456. The molecule has 0 spiro atoms. The first-order valence-corrected chi connectivity index (χ1v) is 10.6. The molecule has 1 aliphatic rings. The topological polar surface area (TPSA) is 59.8 Å². The summed E-state index contributed by atoms with van der Waals surface area (Å²) in [5.74, 6) is 1.11. The van der Waals surface area contributed by atoms with E-state index in [4.69, 9.17) is 16.7 Å². The number of nitrogens with zero attached hydrogens (tertiary/aromatic N) is 3. The van der Waals surface area contributed by atoms with E-state index < -0.39 is 0 Å². The lowest BCUT2D eigenvalue weighted by atomic mass is 9.98. The van der Waals surface area contributed by atoms with Gasteiger partial charge in [-0.1, -0.05) is 23.7 Å². The molecule has 0 fully saturated rings. The molecule has 1 atom stereocenters. The van der Waals surface area contributed by atoms with Crippen LogP contribution in [0.5, 0.6) is 0 Å². The highest BCUT2D eigenvalue weighted by Crippen LogP contribution is 2.47. The van der Waals surface area contributed by atoms with Crippen molar-refractivity contribution in [3.63, 3.8) is 0 Å². The summed E-state index contributed by atoms with van der Waals surface area (Å²) in [6.07, 6.45) is 1.76. The smallest absolute Gasteiger partial charge is 0.235 e. The third-order valence-corrected chi connectivity index (χ3v) is 6.25. The van der Waals surface area contributed by atoms with Crippen molar-refractivity contribution in [2.75, 3.05) is 11.1 Å².